The lowest BCUT2D eigenvalue weighted by Gasteiger charge is -2.07. The van der Waals surface area contributed by atoms with Gasteiger partial charge in [-0.3, -0.25) is 14.6 Å². The maximum Gasteiger partial charge on any atom is 0.257 e. The Labute approximate surface area is 115 Å². The molecular formula is C14H11ClN2O2. The Kier molecular flexibility index (Phi) is 3.92. The molecule has 19 heavy (non-hydrogen) atoms. The summed E-state index contributed by atoms with van der Waals surface area (Å²) < 4.78 is 0. The summed E-state index contributed by atoms with van der Waals surface area (Å²) in [7, 11) is 0. The van der Waals surface area contributed by atoms with E-state index in [1.54, 1.807) is 24.3 Å². The molecule has 0 aliphatic carbocycles. The first kappa shape index (κ1) is 13.2. The third-order valence-electron chi connectivity index (χ3n) is 2.54. The van der Waals surface area contributed by atoms with Crippen LogP contribution in [-0.2, 0) is 0 Å². The Morgan fingerprint density at radius 1 is 1.26 bits per heavy atom. The average molecular weight is 275 g/mol. The molecule has 96 valence electrons. The smallest absolute Gasteiger partial charge is 0.257 e. The zero-order chi connectivity index (χ0) is 13.8. The van der Waals surface area contributed by atoms with Gasteiger partial charge in [-0.15, -0.1) is 0 Å². The fourth-order valence-corrected chi connectivity index (χ4v) is 1.78. The molecule has 0 saturated heterocycles. The lowest BCUT2D eigenvalue weighted by atomic mass is 10.1. The lowest BCUT2D eigenvalue weighted by Crippen LogP contribution is -2.12. The fourth-order valence-electron chi connectivity index (χ4n) is 1.57. The normalized spacial score (nSPS) is 10.0. The van der Waals surface area contributed by atoms with Crippen molar-refractivity contribution in [1.29, 1.82) is 0 Å². The van der Waals surface area contributed by atoms with E-state index < -0.39 is 0 Å². The predicted molar refractivity (Wildman–Crippen MR) is 73.6 cm³/mol. The monoisotopic (exact) mass is 274 g/mol. The van der Waals surface area contributed by atoms with Crippen molar-refractivity contribution in [1.82, 2.24) is 4.98 Å². The first-order chi connectivity index (χ1) is 9.08. The van der Waals surface area contributed by atoms with Gasteiger partial charge in [0.05, 0.1) is 10.6 Å². The van der Waals surface area contributed by atoms with Crippen molar-refractivity contribution in [3.05, 3.63) is 58.9 Å². The van der Waals surface area contributed by atoms with Crippen LogP contribution < -0.4 is 5.32 Å². The summed E-state index contributed by atoms with van der Waals surface area (Å²) in [6, 6.07) is 8.26. The zero-order valence-electron chi connectivity index (χ0n) is 10.2. The van der Waals surface area contributed by atoms with E-state index in [1.807, 2.05) is 0 Å². The number of nitrogens with one attached hydrogen (secondary N) is 1. The first-order valence-electron chi connectivity index (χ1n) is 5.60. The summed E-state index contributed by atoms with van der Waals surface area (Å²) in [6.45, 7) is 1.47. The van der Waals surface area contributed by atoms with Crippen molar-refractivity contribution in [2.45, 2.75) is 6.92 Å². The molecule has 0 aliphatic rings. The molecule has 1 heterocycles. The van der Waals surface area contributed by atoms with Crippen LogP contribution in [0.4, 0.5) is 5.69 Å². The van der Waals surface area contributed by atoms with Gasteiger partial charge in [-0.25, -0.2) is 0 Å². The molecule has 0 aliphatic heterocycles. The molecule has 0 radical (unpaired) electrons. The second-order valence-corrected chi connectivity index (χ2v) is 4.35. The molecule has 5 heteroatoms. The van der Waals surface area contributed by atoms with Gasteiger partial charge in [0.2, 0.25) is 0 Å². The van der Waals surface area contributed by atoms with Crippen LogP contribution in [0, 0.1) is 0 Å². The highest BCUT2D eigenvalue weighted by atomic mass is 35.5. The minimum Gasteiger partial charge on any atom is -0.322 e. The van der Waals surface area contributed by atoms with Crippen molar-refractivity contribution in [3.63, 3.8) is 0 Å². The quantitative estimate of drug-likeness (QED) is 0.875. The van der Waals surface area contributed by atoms with Gasteiger partial charge < -0.3 is 5.32 Å². The Hall–Kier alpha value is -2.20. The first-order valence-corrected chi connectivity index (χ1v) is 5.97. The Bertz CT molecular complexity index is 641. The summed E-state index contributed by atoms with van der Waals surface area (Å²) in [6.07, 6.45) is 2.90. The fraction of sp³-hybridized carbons (Fsp3) is 0.0714. The molecule has 0 fully saturated rings. The third kappa shape index (κ3) is 3.17. The maximum atomic E-state index is 12.0. The molecule has 0 unspecified atom stereocenters. The van der Waals surface area contributed by atoms with Gasteiger partial charge in [-0.2, -0.15) is 0 Å². The van der Waals surface area contributed by atoms with Crippen LogP contribution in [0.25, 0.3) is 0 Å². The summed E-state index contributed by atoms with van der Waals surface area (Å²) in [5, 5.41) is 2.97. The number of anilines is 1. The van der Waals surface area contributed by atoms with Gasteiger partial charge >= 0.3 is 0 Å². The van der Waals surface area contributed by atoms with E-state index in [0.29, 0.717) is 16.8 Å². The summed E-state index contributed by atoms with van der Waals surface area (Å²) in [5.41, 5.74) is 1.43. The summed E-state index contributed by atoms with van der Waals surface area (Å²) in [4.78, 5) is 27.1. The van der Waals surface area contributed by atoms with Gasteiger partial charge in [0.25, 0.3) is 5.91 Å². The minimum absolute atomic E-state index is 0.0574. The highest BCUT2D eigenvalue weighted by Crippen LogP contribution is 2.17. The number of nitrogens with zero attached hydrogens (tertiary/aromatic N) is 1. The molecule has 2 aromatic rings. The van der Waals surface area contributed by atoms with Crippen LogP contribution in [0.15, 0.2) is 42.7 Å². The molecule has 2 rings (SSSR count). The van der Waals surface area contributed by atoms with Crippen molar-refractivity contribution in [3.8, 4) is 0 Å². The van der Waals surface area contributed by atoms with E-state index in [9.17, 15) is 9.59 Å². The van der Waals surface area contributed by atoms with Crippen LogP contribution in [0.1, 0.15) is 27.6 Å². The number of rotatable bonds is 3. The van der Waals surface area contributed by atoms with E-state index >= 15 is 0 Å². The van der Waals surface area contributed by atoms with Gasteiger partial charge in [0.1, 0.15) is 0 Å². The van der Waals surface area contributed by atoms with E-state index in [-0.39, 0.29) is 16.7 Å². The number of halogens is 1. The number of benzene rings is 1. The highest BCUT2D eigenvalue weighted by Gasteiger charge is 2.10. The van der Waals surface area contributed by atoms with Crippen molar-refractivity contribution < 1.29 is 9.59 Å². The number of ketones is 1. The SMILES string of the molecule is CC(=O)c1cccc(NC(=O)c2ccncc2Cl)c1. The van der Waals surface area contributed by atoms with Gasteiger partial charge in [-0.1, -0.05) is 23.7 Å². The Balaban J connectivity index is 2.22. The number of carbonyl (C=O) groups excluding carboxylic acids is 2. The Morgan fingerprint density at radius 2 is 2.05 bits per heavy atom. The van der Waals surface area contributed by atoms with E-state index in [0.717, 1.165) is 0 Å². The molecule has 0 saturated carbocycles. The van der Waals surface area contributed by atoms with Gasteiger partial charge in [0.15, 0.2) is 5.78 Å². The topological polar surface area (TPSA) is 59.1 Å². The largest absolute Gasteiger partial charge is 0.322 e. The van der Waals surface area contributed by atoms with Crippen LogP contribution in [0.3, 0.4) is 0 Å². The second-order valence-electron chi connectivity index (χ2n) is 3.95. The van der Waals surface area contributed by atoms with Crippen LogP contribution in [-0.4, -0.2) is 16.7 Å². The van der Waals surface area contributed by atoms with Crippen molar-refractivity contribution in [2.24, 2.45) is 0 Å². The standard InChI is InChI=1S/C14H11ClN2O2/c1-9(18)10-3-2-4-11(7-10)17-14(19)12-5-6-16-8-13(12)15/h2-8H,1H3,(H,17,19). The number of aromatic nitrogens is 1. The van der Waals surface area contributed by atoms with Gasteiger partial charge in [0, 0.05) is 23.6 Å². The number of carbonyl (C=O) groups is 2. The summed E-state index contributed by atoms with van der Waals surface area (Å²) in [5.74, 6) is -0.397. The summed E-state index contributed by atoms with van der Waals surface area (Å²) >= 11 is 5.89. The van der Waals surface area contributed by atoms with E-state index in [2.05, 4.69) is 10.3 Å². The highest BCUT2D eigenvalue weighted by molar-refractivity contribution is 6.34. The van der Waals surface area contributed by atoms with Crippen molar-refractivity contribution >= 4 is 29.0 Å². The zero-order valence-corrected chi connectivity index (χ0v) is 10.9. The minimum atomic E-state index is -0.340. The average Bonchev–Trinajstić information content (AvgIpc) is 2.39. The molecule has 4 nitrogen and oxygen atoms in total. The number of pyridine rings is 1. The second kappa shape index (κ2) is 5.63. The maximum absolute atomic E-state index is 12.0. The number of Topliss-reactive ketones (excluding diaryl/α,β-unsaturated/α-hetero) is 1. The molecule has 0 spiro atoms. The van der Waals surface area contributed by atoms with E-state index in [4.69, 9.17) is 11.6 Å². The number of hydrogen-bond donors (Lipinski definition) is 1. The van der Waals surface area contributed by atoms with E-state index in [1.165, 1.54) is 25.4 Å². The van der Waals surface area contributed by atoms with Crippen molar-refractivity contribution in [2.75, 3.05) is 5.32 Å². The number of amides is 1. The predicted octanol–water partition coefficient (Wildman–Crippen LogP) is 3.19. The van der Waals surface area contributed by atoms with Crippen LogP contribution >= 0.6 is 11.6 Å². The van der Waals surface area contributed by atoms with Gasteiger partial charge in [-0.05, 0) is 25.1 Å². The van der Waals surface area contributed by atoms with Crippen LogP contribution in [0.2, 0.25) is 5.02 Å². The molecule has 1 amide bonds. The molecule has 1 aromatic heterocycles. The lowest BCUT2D eigenvalue weighted by molar-refractivity contribution is 0.101. The Morgan fingerprint density at radius 3 is 2.74 bits per heavy atom. The molecule has 0 bridgehead atoms. The molecule has 1 N–H and O–H groups in total. The molecule has 1 aromatic carbocycles. The molecule has 0 atom stereocenters. The number of hydrogen-bond acceptors (Lipinski definition) is 3. The third-order valence-corrected chi connectivity index (χ3v) is 2.85. The molecular weight excluding hydrogens is 264 g/mol. The van der Waals surface area contributed by atoms with Crippen LogP contribution in [0.5, 0.6) is 0 Å².